The van der Waals surface area contributed by atoms with Gasteiger partial charge in [0.1, 0.15) is 6.17 Å². The van der Waals surface area contributed by atoms with Crippen molar-refractivity contribution >= 4 is 0 Å². The summed E-state index contributed by atoms with van der Waals surface area (Å²) in [4.78, 5) is 10.9. The van der Waals surface area contributed by atoms with E-state index in [1.165, 1.54) is 5.23 Å². The van der Waals surface area contributed by atoms with Crippen molar-refractivity contribution in [2.75, 3.05) is 13.2 Å². The van der Waals surface area contributed by atoms with E-state index >= 15 is 0 Å². The molecular formula is C11H27N3O3. The minimum absolute atomic E-state index is 0.333. The fraction of sp³-hybridized carbons (Fsp3) is 1.00. The molecule has 0 aromatic rings. The van der Waals surface area contributed by atoms with Crippen molar-refractivity contribution < 1.29 is 14.8 Å². The van der Waals surface area contributed by atoms with E-state index in [9.17, 15) is 5.11 Å². The predicted molar refractivity (Wildman–Crippen MR) is 66.6 cm³/mol. The van der Waals surface area contributed by atoms with Crippen LogP contribution in [-0.4, -0.2) is 40.9 Å². The highest BCUT2D eigenvalue weighted by Crippen LogP contribution is 2.24. The molecule has 0 aliphatic rings. The number of hydrogen-bond donors (Lipinski definition) is 3. The Morgan fingerprint density at radius 3 is 2.18 bits per heavy atom. The van der Waals surface area contributed by atoms with Gasteiger partial charge >= 0.3 is 0 Å². The predicted octanol–water partition coefficient (Wildman–Crippen LogP) is 0.355. The Balaban J connectivity index is 4.41. The molecule has 1 unspecified atom stereocenters. The monoisotopic (exact) mass is 249 g/mol. The van der Waals surface area contributed by atoms with Gasteiger partial charge in [0.25, 0.3) is 0 Å². The van der Waals surface area contributed by atoms with Crippen LogP contribution >= 0.6 is 0 Å². The van der Waals surface area contributed by atoms with Crippen LogP contribution in [0.5, 0.6) is 0 Å². The Hall–Kier alpha value is -0.240. The molecule has 6 heteroatoms. The molecule has 0 amide bonds. The van der Waals surface area contributed by atoms with Gasteiger partial charge in [-0.1, -0.05) is 0 Å². The summed E-state index contributed by atoms with van der Waals surface area (Å²) in [5.74, 6) is 0. The van der Waals surface area contributed by atoms with Gasteiger partial charge in [-0.15, -0.1) is 0 Å². The topological polar surface area (TPSA) is 94.0 Å². The Kier molecular flexibility index (Phi) is 6.53. The first-order valence-electron chi connectivity index (χ1n) is 5.87. The summed E-state index contributed by atoms with van der Waals surface area (Å²) in [6.07, 6.45) is 0.0393. The van der Waals surface area contributed by atoms with Crippen LogP contribution in [0.1, 0.15) is 41.0 Å². The van der Waals surface area contributed by atoms with Crippen LogP contribution in [0.4, 0.5) is 0 Å². The maximum absolute atomic E-state index is 9.79. The lowest BCUT2D eigenvalue weighted by Crippen LogP contribution is -2.47. The molecule has 0 saturated carbocycles. The molecule has 0 aromatic carbocycles. The van der Waals surface area contributed by atoms with E-state index in [1.54, 1.807) is 20.8 Å². The Labute approximate surface area is 104 Å². The first kappa shape index (κ1) is 16.8. The number of rotatable bonds is 8. The van der Waals surface area contributed by atoms with Gasteiger partial charge in [0.2, 0.25) is 0 Å². The summed E-state index contributed by atoms with van der Waals surface area (Å²) in [5, 5.41) is 11.0. The average Bonchev–Trinajstić information content (AvgIpc) is 2.07. The standard InChI is InChI=1S/C11H27N3O3/c1-9(13)14(16-7-6-12)17-11(4,5)8-10(2,3)15/h9,15H,6-8,12-13H2,1-5H3. The molecule has 5 N–H and O–H groups in total. The van der Waals surface area contributed by atoms with E-state index in [0.717, 1.165) is 0 Å². The van der Waals surface area contributed by atoms with Crippen LogP contribution in [0, 0.1) is 0 Å². The van der Waals surface area contributed by atoms with E-state index < -0.39 is 17.4 Å². The third-order valence-electron chi connectivity index (χ3n) is 1.86. The maximum atomic E-state index is 9.79. The highest BCUT2D eigenvalue weighted by Gasteiger charge is 2.31. The zero-order chi connectivity index (χ0) is 13.7. The van der Waals surface area contributed by atoms with Crippen molar-refractivity contribution in [2.45, 2.75) is 58.4 Å². The maximum Gasteiger partial charge on any atom is 0.107 e. The first-order valence-corrected chi connectivity index (χ1v) is 5.87. The Morgan fingerprint density at radius 1 is 1.29 bits per heavy atom. The van der Waals surface area contributed by atoms with Gasteiger partial charge in [-0.3, -0.25) is 9.68 Å². The molecule has 1 atom stereocenters. The number of hydroxylamine groups is 2. The number of aliphatic hydroxyl groups is 1. The summed E-state index contributed by atoms with van der Waals surface area (Å²) in [7, 11) is 0. The highest BCUT2D eigenvalue weighted by molar-refractivity contribution is 4.78. The van der Waals surface area contributed by atoms with Gasteiger partial charge in [0.15, 0.2) is 0 Å². The fourth-order valence-electron chi connectivity index (χ4n) is 1.69. The zero-order valence-corrected chi connectivity index (χ0v) is 11.6. The first-order chi connectivity index (χ1) is 7.57. The van der Waals surface area contributed by atoms with Gasteiger partial charge in [0, 0.05) is 13.0 Å². The molecule has 0 radical (unpaired) electrons. The molecule has 0 spiro atoms. The third-order valence-corrected chi connectivity index (χ3v) is 1.86. The van der Waals surface area contributed by atoms with Crippen molar-refractivity contribution in [1.82, 2.24) is 5.23 Å². The number of nitrogens with zero attached hydrogens (tertiary/aromatic N) is 1. The third kappa shape index (κ3) is 8.48. The lowest BCUT2D eigenvalue weighted by molar-refractivity contribution is -0.421. The fourth-order valence-corrected chi connectivity index (χ4v) is 1.69. The van der Waals surface area contributed by atoms with Crippen molar-refractivity contribution in [1.29, 1.82) is 0 Å². The molecule has 0 bridgehead atoms. The van der Waals surface area contributed by atoms with E-state index in [-0.39, 0.29) is 0 Å². The summed E-state index contributed by atoms with van der Waals surface area (Å²) < 4.78 is 0. The number of hydrogen-bond acceptors (Lipinski definition) is 6. The Morgan fingerprint density at radius 2 is 1.82 bits per heavy atom. The molecule has 0 fully saturated rings. The average molecular weight is 249 g/mol. The van der Waals surface area contributed by atoms with E-state index in [1.807, 2.05) is 13.8 Å². The largest absolute Gasteiger partial charge is 0.390 e. The normalized spacial score (nSPS) is 15.4. The lowest BCUT2D eigenvalue weighted by atomic mass is 9.93. The minimum Gasteiger partial charge on any atom is -0.390 e. The molecule has 0 rings (SSSR count). The van der Waals surface area contributed by atoms with Crippen LogP contribution < -0.4 is 11.5 Å². The van der Waals surface area contributed by atoms with Gasteiger partial charge < -0.3 is 16.6 Å². The molecule has 17 heavy (non-hydrogen) atoms. The quantitative estimate of drug-likeness (QED) is 0.424. The molecule has 0 aromatic heterocycles. The van der Waals surface area contributed by atoms with Crippen molar-refractivity contribution in [3.63, 3.8) is 0 Å². The molecule has 6 nitrogen and oxygen atoms in total. The second kappa shape index (κ2) is 6.63. The molecular weight excluding hydrogens is 222 g/mol. The zero-order valence-electron chi connectivity index (χ0n) is 11.6. The van der Waals surface area contributed by atoms with Crippen molar-refractivity contribution in [3.8, 4) is 0 Å². The SMILES string of the molecule is CC(N)N(OCCN)OC(C)(C)CC(C)(C)O. The second-order valence-corrected chi connectivity index (χ2v) is 5.49. The summed E-state index contributed by atoms with van der Waals surface area (Å²) in [5.41, 5.74) is 9.67. The van der Waals surface area contributed by atoms with E-state index in [4.69, 9.17) is 21.1 Å². The van der Waals surface area contributed by atoms with Gasteiger partial charge in [-0.05, 0) is 39.8 Å². The Bertz CT molecular complexity index is 214. The van der Waals surface area contributed by atoms with Gasteiger partial charge in [-0.25, -0.2) is 0 Å². The van der Waals surface area contributed by atoms with E-state index in [2.05, 4.69) is 0 Å². The molecule has 0 aliphatic carbocycles. The van der Waals surface area contributed by atoms with Gasteiger partial charge in [-0.2, -0.15) is 0 Å². The van der Waals surface area contributed by atoms with Crippen LogP contribution in [0.15, 0.2) is 0 Å². The second-order valence-electron chi connectivity index (χ2n) is 5.49. The summed E-state index contributed by atoms with van der Waals surface area (Å²) in [6, 6.07) is 0. The van der Waals surface area contributed by atoms with Gasteiger partial charge in [0.05, 0.1) is 17.8 Å². The molecule has 0 aliphatic heterocycles. The minimum atomic E-state index is -0.819. The summed E-state index contributed by atoms with van der Waals surface area (Å²) >= 11 is 0. The van der Waals surface area contributed by atoms with Crippen LogP contribution in [-0.2, 0) is 9.68 Å². The summed E-state index contributed by atoms with van der Waals surface area (Å²) in [6.45, 7) is 9.66. The highest BCUT2D eigenvalue weighted by atomic mass is 17.0. The van der Waals surface area contributed by atoms with E-state index in [0.29, 0.717) is 19.6 Å². The van der Waals surface area contributed by atoms with Crippen molar-refractivity contribution in [2.24, 2.45) is 11.5 Å². The van der Waals surface area contributed by atoms with Crippen molar-refractivity contribution in [3.05, 3.63) is 0 Å². The van der Waals surface area contributed by atoms with Crippen LogP contribution in [0.2, 0.25) is 0 Å². The molecule has 0 saturated heterocycles. The van der Waals surface area contributed by atoms with Crippen LogP contribution in [0.25, 0.3) is 0 Å². The molecule has 104 valence electrons. The lowest BCUT2D eigenvalue weighted by Gasteiger charge is -2.36. The smallest absolute Gasteiger partial charge is 0.107 e. The molecule has 0 heterocycles. The van der Waals surface area contributed by atoms with Crippen LogP contribution in [0.3, 0.4) is 0 Å². The number of nitrogens with two attached hydrogens (primary N) is 2.